The minimum Gasteiger partial charge on any atom is -0.496 e. The molecule has 0 saturated carbocycles. The van der Waals surface area contributed by atoms with Gasteiger partial charge in [0.15, 0.2) is 0 Å². The molecule has 1 saturated heterocycles. The molecule has 3 rings (SSSR count). The van der Waals surface area contributed by atoms with Crippen molar-refractivity contribution in [1.82, 2.24) is 10.3 Å². The van der Waals surface area contributed by atoms with Crippen LogP contribution in [-0.2, 0) is 4.74 Å². The second-order valence-corrected chi connectivity index (χ2v) is 4.57. The number of aromatic amines is 1. The van der Waals surface area contributed by atoms with Crippen molar-refractivity contribution in [3.05, 3.63) is 30.0 Å². The summed E-state index contributed by atoms with van der Waals surface area (Å²) in [7, 11) is 1.73. The number of rotatable bonds is 2. The molecule has 1 aromatic carbocycles. The molecule has 0 spiro atoms. The fraction of sp³-hybridized carbons (Fsp3) is 0.429. The van der Waals surface area contributed by atoms with Crippen molar-refractivity contribution in [2.75, 3.05) is 26.9 Å². The molecule has 1 unspecified atom stereocenters. The van der Waals surface area contributed by atoms with Crippen molar-refractivity contribution in [1.29, 1.82) is 0 Å². The number of H-pyrrole nitrogens is 1. The minimum atomic E-state index is 0.301. The van der Waals surface area contributed by atoms with Crippen LogP contribution in [0.4, 0.5) is 0 Å². The zero-order chi connectivity index (χ0) is 12.4. The molecule has 1 fully saturated rings. The molecule has 18 heavy (non-hydrogen) atoms. The first-order valence-electron chi connectivity index (χ1n) is 6.34. The number of benzene rings is 1. The summed E-state index contributed by atoms with van der Waals surface area (Å²) >= 11 is 0. The molecule has 4 nitrogen and oxygen atoms in total. The van der Waals surface area contributed by atoms with Gasteiger partial charge >= 0.3 is 0 Å². The molecule has 1 aliphatic rings. The summed E-state index contributed by atoms with van der Waals surface area (Å²) in [5.41, 5.74) is 2.36. The first kappa shape index (κ1) is 11.6. The lowest BCUT2D eigenvalue weighted by Crippen LogP contribution is -2.22. The van der Waals surface area contributed by atoms with Gasteiger partial charge in [-0.2, -0.15) is 0 Å². The third-order valence-corrected chi connectivity index (χ3v) is 3.47. The van der Waals surface area contributed by atoms with Gasteiger partial charge in [-0.1, -0.05) is 0 Å². The van der Waals surface area contributed by atoms with Crippen LogP contribution in [0.3, 0.4) is 0 Å². The van der Waals surface area contributed by atoms with Crippen LogP contribution in [0, 0.1) is 0 Å². The van der Waals surface area contributed by atoms with Gasteiger partial charge in [-0.05, 0) is 24.6 Å². The maximum Gasteiger partial charge on any atom is 0.124 e. The van der Waals surface area contributed by atoms with Crippen LogP contribution < -0.4 is 10.1 Å². The van der Waals surface area contributed by atoms with Gasteiger partial charge in [-0.3, -0.25) is 0 Å². The first-order valence-corrected chi connectivity index (χ1v) is 6.34. The van der Waals surface area contributed by atoms with Crippen LogP contribution in [-0.4, -0.2) is 31.9 Å². The van der Waals surface area contributed by atoms with Crippen molar-refractivity contribution >= 4 is 10.9 Å². The number of aromatic nitrogens is 1. The van der Waals surface area contributed by atoms with E-state index in [1.54, 1.807) is 7.11 Å². The zero-order valence-corrected chi connectivity index (χ0v) is 10.5. The number of methoxy groups -OCH3 is 1. The summed E-state index contributed by atoms with van der Waals surface area (Å²) < 4.78 is 11.0. The Balaban J connectivity index is 2.01. The quantitative estimate of drug-likeness (QED) is 0.854. The van der Waals surface area contributed by atoms with Gasteiger partial charge in [0.05, 0.1) is 13.7 Å². The predicted octanol–water partition coefficient (Wildman–Crippen LogP) is 2.23. The lowest BCUT2D eigenvalue weighted by atomic mass is 10.0. The molecular formula is C14H18N2O2. The molecule has 0 aliphatic carbocycles. The van der Waals surface area contributed by atoms with Gasteiger partial charge in [-0.25, -0.2) is 0 Å². The van der Waals surface area contributed by atoms with Crippen molar-refractivity contribution in [2.24, 2.45) is 0 Å². The largest absolute Gasteiger partial charge is 0.496 e. The SMILES string of the molecule is COc1cc2cc[nH]c2cc1C1CCOCCN1. The molecule has 1 aromatic heterocycles. The maximum atomic E-state index is 5.52. The molecule has 1 aliphatic heterocycles. The summed E-state index contributed by atoms with van der Waals surface area (Å²) in [5, 5.41) is 4.69. The molecule has 96 valence electrons. The Labute approximate surface area is 106 Å². The van der Waals surface area contributed by atoms with E-state index in [1.165, 1.54) is 10.9 Å². The number of ether oxygens (including phenoxy) is 2. The highest BCUT2D eigenvalue weighted by molar-refractivity contribution is 5.82. The molecule has 1 atom stereocenters. The van der Waals surface area contributed by atoms with E-state index >= 15 is 0 Å². The van der Waals surface area contributed by atoms with Crippen LogP contribution in [0.25, 0.3) is 10.9 Å². The molecule has 0 radical (unpaired) electrons. The Bertz CT molecular complexity index is 528. The van der Waals surface area contributed by atoms with E-state index in [2.05, 4.69) is 28.5 Å². The van der Waals surface area contributed by atoms with E-state index in [0.717, 1.165) is 37.4 Å². The summed E-state index contributed by atoms with van der Waals surface area (Å²) in [6, 6.07) is 6.63. The van der Waals surface area contributed by atoms with Gasteiger partial charge in [0.25, 0.3) is 0 Å². The smallest absolute Gasteiger partial charge is 0.124 e. The standard InChI is InChI=1S/C14H18N2O2/c1-17-14-8-10-2-4-15-13(10)9-11(14)12-3-6-18-7-5-16-12/h2,4,8-9,12,15-16H,3,5-7H2,1H3. The van der Waals surface area contributed by atoms with Crippen molar-refractivity contribution in [3.63, 3.8) is 0 Å². The van der Waals surface area contributed by atoms with Crippen molar-refractivity contribution in [2.45, 2.75) is 12.5 Å². The van der Waals surface area contributed by atoms with Gasteiger partial charge in [0.2, 0.25) is 0 Å². The summed E-state index contributed by atoms with van der Waals surface area (Å²) in [4.78, 5) is 3.25. The van der Waals surface area contributed by atoms with Crippen molar-refractivity contribution in [3.8, 4) is 5.75 Å². The van der Waals surface area contributed by atoms with Gasteiger partial charge in [-0.15, -0.1) is 0 Å². The monoisotopic (exact) mass is 246 g/mol. The van der Waals surface area contributed by atoms with Crippen LogP contribution in [0.15, 0.2) is 24.4 Å². The average molecular weight is 246 g/mol. The van der Waals surface area contributed by atoms with Gasteiger partial charge in [0, 0.05) is 41.9 Å². The summed E-state index contributed by atoms with van der Waals surface area (Å²) in [5.74, 6) is 0.946. The summed E-state index contributed by atoms with van der Waals surface area (Å²) in [6.45, 7) is 2.46. The topological polar surface area (TPSA) is 46.3 Å². The Morgan fingerprint density at radius 3 is 3.17 bits per heavy atom. The molecule has 0 amide bonds. The molecule has 2 aromatic rings. The number of nitrogens with one attached hydrogen (secondary N) is 2. The number of fused-ring (bicyclic) bond motifs is 1. The Morgan fingerprint density at radius 2 is 2.28 bits per heavy atom. The molecule has 2 N–H and O–H groups in total. The third kappa shape index (κ3) is 2.09. The van der Waals surface area contributed by atoms with E-state index in [0.29, 0.717) is 6.04 Å². The van der Waals surface area contributed by atoms with Crippen LogP contribution in [0.5, 0.6) is 5.75 Å². The lowest BCUT2D eigenvalue weighted by molar-refractivity contribution is 0.150. The zero-order valence-electron chi connectivity index (χ0n) is 10.5. The van der Waals surface area contributed by atoms with Gasteiger partial charge in [0.1, 0.15) is 5.75 Å². The highest BCUT2D eigenvalue weighted by Crippen LogP contribution is 2.32. The maximum absolute atomic E-state index is 5.52. The first-order chi connectivity index (χ1) is 8.88. The van der Waals surface area contributed by atoms with E-state index in [9.17, 15) is 0 Å². The second-order valence-electron chi connectivity index (χ2n) is 4.57. The fourth-order valence-corrected chi connectivity index (χ4v) is 2.52. The van der Waals surface area contributed by atoms with Crippen LogP contribution in [0.2, 0.25) is 0 Å². The number of hydrogen-bond donors (Lipinski definition) is 2. The lowest BCUT2D eigenvalue weighted by Gasteiger charge is -2.18. The van der Waals surface area contributed by atoms with E-state index in [1.807, 2.05) is 6.20 Å². The average Bonchev–Trinajstić information content (AvgIpc) is 2.68. The fourth-order valence-electron chi connectivity index (χ4n) is 2.52. The van der Waals surface area contributed by atoms with Crippen LogP contribution >= 0.6 is 0 Å². The van der Waals surface area contributed by atoms with Gasteiger partial charge < -0.3 is 19.8 Å². The highest BCUT2D eigenvalue weighted by Gasteiger charge is 2.18. The third-order valence-electron chi connectivity index (χ3n) is 3.47. The number of hydrogen-bond acceptors (Lipinski definition) is 3. The molecule has 4 heteroatoms. The Kier molecular flexibility index (Phi) is 3.21. The van der Waals surface area contributed by atoms with Crippen LogP contribution in [0.1, 0.15) is 18.0 Å². The second kappa shape index (κ2) is 5.00. The van der Waals surface area contributed by atoms with E-state index in [4.69, 9.17) is 9.47 Å². The minimum absolute atomic E-state index is 0.301. The molecular weight excluding hydrogens is 228 g/mol. The Morgan fingerprint density at radius 1 is 1.33 bits per heavy atom. The van der Waals surface area contributed by atoms with E-state index < -0.39 is 0 Å². The Hall–Kier alpha value is -1.52. The predicted molar refractivity (Wildman–Crippen MR) is 71.0 cm³/mol. The molecule has 0 bridgehead atoms. The molecule has 2 heterocycles. The van der Waals surface area contributed by atoms with Crippen molar-refractivity contribution < 1.29 is 9.47 Å². The normalized spacial score (nSPS) is 20.8. The highest BCUT2D eigenvalue weighted by atomic mass is 16.5. The summed E-state index contributed by atoms with van der Waals surface area (Å²) in [6.07, 6.45) is 2.93. The van der Waals surface area contributed by atoms with E-state index in [-0.39, 0.29) is 0 Å².